The maximum Gasteiger partial charge on any atom is 0.323 e. The van der Waals surface area contributed by atoms with Crippen molar-refractivity contribution in [1.29, 1.82) is 0 Å². The number of halogens is 1. The number of carboxylic acids is 1. The lowest BCUT2D eigenvalue weighted by atomic mass is 10.00. The van der Waals surface area contributed by atoms with Crippen LogP contribution in [0.15, 0.2) is 41.3 Å². The van der Waals surface area contributed by atoms with Gasteiger partial charge in [-0.05, 0) is 60.7 Å². The molecule has 0 spiro atoms. The standard InChI is InChI=1S/C20H18FNO3S/c1-12-16(9-13-2-5-19-14(8-13)6-7-26(19)25)17-10-15(21)3-4-18(17)22(12)11-20(23)24/h2-5,8,10H,6-7,9,11H2,1H3,(H,23,24). The van der Waals surface area contributed by atoms with E-state index in [1.54, 1.807) is 10.6 Å². The van der Waals surface area contributed by atoms with Crippen molar-refractivity contribution < 1.29 is 18.5 Å². The highest BCUT2D eigenvalue weighted by atomic mass is 32.2. The molecule has 1 aliphatic heterocycles. The third kappa shape index (κ3) is 2.84. The molecule has 4 nitrogen and oxygen atoms in total. The van der Waals surface area contributed by atoms with Crippen LogP contribution in [0.25, 0.3) is 10.9 Å². The van der Waals surface area contributed by atoms with Gasteiger partial charge in [-0.15, -0.1) is 0 Å². The van der Waals surface area contributed by atoms with Crippen LogP contribution >= 0.6 is 0 Å². The van der Waals surface area contributed by atoms with Crippen LogP contribution in [0.2, 0.25) is 0 Å². The van der Waals surface area contributed by atoms with Gasteiger partial charge in [-0.2, -0.15) is 0 Å². The van der Waals surface area contributed by atoms with Crippen molar-refractivity contribution in [2.45, 2.75) is 31.2 Å². The fourth-order valence-corrected chi connectivity index (χ4v) is 5.06. The number of aryl methyl sites for hydroxylation is 1. The van der Waals surface area contributed by atoms with E-state index in [-0.39, 0.29) is 12.4 Å². The molecule has 2 heterocycles. The van der Waals surface area contributed by atoms with E-state index in [0.717, 1.165) is 44.6 Å². The monoisotopic (exact) mass is 371 g/mol. The molecule has 1 unspecified atom stereocenters. The second-order valence-electron chi connectivity index (χ2n) is 6.62. The highest BCUT2D eigenvalue weighted by Gasteiger charge is 2.20. The summed E-state index contributed by atoms with van der Waals surface area (Å²) in [6.07, 6.45) is 1.39. The van der Waals surface area contributed by atoms with Crippen LogP contribution in [-0.2, 0) is 35.0 Å². The molecule has 134 valence electrons. The van der Waals surface area contributed by atoms with Crippen molar-refractivity contribution in [3.8, 4) is 0 Å². The lowest BCUT2D eigenvalue weighted by molar-refractivity contribution is -0.137. The molecule has 0 fully saturated rings. The third-order valence-corrected chi connectivity index (χ3v) is 6.48. The Hall–Kier alpha value is -2.47. The van der Waals surface area contributed by atoms with Crippen LogP contribution in [0.1, 0.15) is 22.4 Å². The van der Waals surface area contributed by atoms with E-state index in [0.29, 0.717) is 12.2 Å². The predicted octanol–water partition coefficient (Wildman–Crippen LogP) is 3.43. The first-order valence-electron chi connectivity index (χ1n) is 8.43. The molecule has 0 aliphatic carbocycles. The van der Waals surface area contributed by atoms with E-state index >= 15 is 0 Å². The quantitative estimate of drug-likeness (QED) is 0.764. The van der Waals surface area contributed by atoms with Gasteiger partial charge in [0.1, 0.15) is 12.4 Å². The second kappa shape index (κ2) is 6.36. The van der Waals surface area contributed by atoms with Gasteiger partial charge in [0.05, 0.1) is 10.8 Å². The summed E-state index contributed by atoms with van der Waals surface area (Å²) >= 11 is 0. The number of aromatic nitrogens is 1. The average molecular weight is 371 g/mol. The minimum Gasteiger partial charge on any atom is -0.480 e. The van der Waals surface area contributed by atoms with E-state index < -0.39 is 16.8 Å². The van der Waals surface area contributed by atoms with Crippen molar-refractivity contribution >= 4 is 27.7 Å². The van der Waals surface area contributed by atoms with E-state index in [1.807, 2.05) is 19.1 Å². The summed E-state index contributed by atoms with van der Waals surface area (Å²) in [5.41, 5.74) is 4.66. The fraction of sp³-hybridized carbons (Fsp3) is 0.250. The molecule has 0 saturated heterocycles. The van der Waals surface area contributed by atoms with Crippen molar-refractivity contribution in [2.75, 3.05) is 5.75 Å². The molecule has 1 N–H and O–H groups in total. The minimum atomic E-state index is -0.930. The average Bonchev–Trinajstić information content (AvgIpc) is 3.08. The van der Waals surface area contributed by atoms with Gasteiger partial charge < -0.3 is 9.67 Å². The van der Waals surface area contributed by atoms with Crippen LogP contribution < -0.4 is 0 Å². The molecule has 4 rings (SSSR count). The topological polar surface area (TPSA) is 59.3 Å². The molecule has 26 heavy (non-hydrogen) atoms. The number of rotatable bonds is 4. The van der Waals surface area contributed by atoms with Gasteiger partial charge in [-0.25, -0.2) is 4.39 Å². The maximum absolute atomic E-state index is 13.8. The molecule has 1 atom stereocenters. The van der Waals surface area contributed by atoms with Gasteiger partial charge in [0.25, 0.3) is 0 Å². The number of hydrogen-bond donors (Lipinski definition) is 1. The van der Waals surface area contributed by atoms with E-state index in [9.17, 15) is 18.5 Å². The molecule has 0 amide bonds. The fourth-order valence-electron chi connectivity index (χ4n) is 3.76. The van der Waals surface area contributed by atoms with Gasteiger partial charge >= 0.3 is 5.97 Å². The molecule has 2 aromatic carbocycles. The second-order valence-corrected chi connectivity index (χ2v) is 8.16. The Kier molecular flexibility index (Phi) is 4.15. The Balaban J connectivity index is 1.81. The van der Waals surface area contributed by atoms with Crippen LogP contribution in [0.5, 0.6) is 0 Å². The molecular weight excluding hydrogens is 353 g/mol. The highest BCUT2D eigenvalue weighted by molar-refractivity contribution is 7.85. The summed E-state index contributed by atoms with van der Waals surface area (Å²) < 4.78 is 27.5. The van der Waals surface area contributed by atoms with Crippen LogP contribution in [0.3, 0.4) is 0 Å². The van der Waals surface area contributed by atoms with Crippen molar-refractivity contribution in [3.63, 3.8) is 0 Å². The molecule has 1 aromatic heterocycles. The molecule has 0 saturated carbocycles. The lowest BCUT2D eigenvalue weighted by Gasteiger charge is -2.07. The Labute approximate surface area is 152 Å². The highest BCUT2D eigenvalue weighted by Crippen LogP contribution is 2.30. The summed E-state index contributed by atoms with van der Waals surface area (Å²) in [7, 11) is -0.904. The Morgan fingerprint density at radius 3 is 2.85 bits per heavy atom. The zero-order valence-corrected chi connectivity index (χ0v) is 15.1. The molecular formula is C20H18FNO3S. The Morgan fingerprint density at radius 2 is 2.08 bits per heavy atom. The number of carboxylic acid groups (broad SMARTS) is 1. The number of nitrogens with zero attached hydrogens (tertiary/aromatic N) is 1. The summed E-state index contributed by atoms with van der Waals surface area (Å²) in [6, 6.07) is 10.4. The van der Waals surface area contributed by atoms with Crippen LogP contribution in [0, 0.1) is 12.7 Å². The summed E-state index contributed by atoms with van der Waals surface area (Å²) in [6.45, 7) is 1.72. The first-order valence-corrected chi connectivity index (χ1v) is 9.75. The van der Waals surface area contributed by atoms with E-state index in [1.165, 1.54) is 12.1 Å². The van der Waals surface area contributed by atoms with Crippen LogP contribution in [0.4, 0.5) is 4.39 Å². The van der Waals surface area contributed by atoms with Crippen LogP contribution in [-0.4, -0.2) is 25.6 Å². The smallest absolute Gasteiger partial charge is 0.323 e. The van der Waals surface area contributed by atoms with Crippen molar-refractivity contribution in [3.05, 3.63) is 64.6 Å². The Morgan fingerprint density at radius 1 is 1.27 bits per heavy atom. The third-order valence-electron chi connectivity index (χ3n) is 5.02. The van der Waals surface area contributed by atoms with Crippen molar-refractivity contribution in [1.82, 2.24) is 4.57 Å². The zero-order chi connectivity index (χ0) is 18.4. The Bertz CT molecular complexity index is 1070. The first kappa shape index (κ1) is 17.0. The number of aliphatic carboxylic acids is 1. The van der Waals surface area contributed by atoms with E-state index in [4.69, 9.17) is 0 Å². The molecule has 6 heteroatoms. The van der Waals surface area contributed by atoms with E-state index in [2.05, 4.69) is 6.07 Å². The lowest BCUT2D eigenvalue weighted by Crippen LogP contribution is -2.10. The number of carbonyl (C=O) groups is 1. The van der Waals surface area contributed by atoms with Gasteiger partial charge in [0.2, 0.25) is 0 Å². The summed E-state index contributed by atoms with van der Waals surface area (Å²) in [4.78, 5) is 12.1. The SMILES string of the molecule is Cc1c(Cc2ccc3c(c2)CCS3=O)c2cc(F)ccc2n1CC(=O)O. The molecule has 0 bridgehead atoms. The summed E-state index contributed by atoms with van der Waals surface area (Å²) in [5, 5.41) is 9.95. The summed E-state index contributed by atoms with van der Waals surface area (Å²) in [5.74, 6) is -0.600. The van der Waals surface area contributed by atoms with Gasteiger partial charge in [0, 0.05) is 27.2 Å². The van der Waals surface area contributed by atoms with Crippen molar-refractivity contribution in [2.24, 2.45) is 0 Å². The number of hydrogen-bond acceptors (Lipinski definition) is 2. The first-order chi connectivity index (χ1) is 12.4. The minimum absolute atomic E-state index is 0.156. The zero-order valence-electron chi connectivity index (χ0n) is 14.3. The normalized spacial score (nSPS) is 16.2. The number of fused-ring (bicyclic) bond motifs is 2. The van der Waals surface area contributed by atoms with Gasteiger partial charge in [-0.1, -0.05) is 12.1 Å². The van der Waals surface area contributed by atoms with Gasteiger partial charge in [0.15, 0.2) is 0 Å². The number of benzene rings is 2. The largest absolute Gasteiger partial charge is 0.480 e. The molecule has 0 radical (unpaired) electrons. The maximum atomic E-state index is 13.8. The van der Waals surface area contributed by atoms with Gasteiger partial charge in [-0.3, -0.25) is 9.00 Å². The molecule has 1 aliphatic rings. The predicted molar refractivity (Wildman–Crippen MR) is 98.5 cm³/mol. The molecule has 3 aromatic rings.